The van der Waals surface area contributed by atoms with Crippen molar-refractivity contribution in [1.82, 2.24) is 4.98 Å². The predicted molar refractivity (Wildman–Crippen MR) is 56.0 cm³/mol. The highest BCUT2D eigenvalue weighted by Crippen LogP contribution is 2.18. The van der Waals surface area contributed by atoms with Crippen molar-refractivity contribution in [2.24, 2.45) is 0 Å². The molecule has 0 saturated carbocycles. The standard InChI is InChI=1S/C10H8N2O3/c1-6-4-7-5-8(12(14)15)2-3-9(7)11-10(6)13/h2-5H,1H3,(H,11,13). The zero-order valence-corrected chi connectivity index (χ0v) is 7.98. The van der Waals surface area contributed by atoms with Gasteiger partial charge in [-0.2, -0.15) is 0 Å². The van der Waals surface area contributed by atoms with Gasteiger partial charge >= 0.3 is 0 Å². The summed E-state index contributed by atoms with van der Waals surface area (Å²) < 4.78 is 0. The topological polar surface area (TPSA) is 76.0 Å². The molecular formula is C10H8N2O3. The Bertz CT molecular complexity index is 601. The lowest BCUT2D eigenvalue weighted by atomic mass is 10.1. The third kappa shape index (κ3) is 1.59. The van der Waals surface area contributed by atoms with Gasteiger partial charge in [0.25, 0.3) is 11.2 Å². The zero-order chi connectivity index (χ0) is 11.0. The molecule has 0 spiro atoms. The van der Waals surface area contributed by atoms with Gasteiger partial charge in [0.2, 0.25) is 0 Å². The number of aromatic amines is 1. The van der Waals surface area contributed by atoms with Gasteiger partial charge in [0.05, 0.1) is 4.92 Å². The number of nitro benzene ring substituents is 1. The molecule has 0 aliphatic carbocycles. The van der Waals surface area contributed by atoms with Crippen LogP contribution in [0.4, 0.5) is 5.69 Å². The van der Waals surface area contributed by atoms with Gasteiger partial charge < -0.3 is 4.98 Å². The summed E-state index contributed by atoms with van der Waals surface area (Å²) in [6.45, 7) is 1.66. The minimum atomic E-state index is -0.458. The maximum atomic E-state index is 11.3. The monoisotopic (exact) mass is 204 g/mol. The molecule has 0 atom stereocenters. The van der Waals surface area contributed by atoms with E-state index in [4.69, 9.17) is 0 Å². The number of H-pyrrole nitrogens is 1. The van der Waals surface area contributed by atoms with Gasteiger partial charge in [0, 0.05) is 28.6 Å². The van der Waals surface area contributed by atoms with Crippen LogP contribution >= 0.6 is 0 Å². The van der Waals surface area contributed by atoms with Crippen molar-refractivity contribution >= 4 is 16.6 Å². The molecule has 0 fully saturated rings. The van der Waals surface area contributed by atoms with E-state index in [1.54, 1.807) is 13.0 Å². The Balaban J connectivity index is 2.77. The van der Waals surface area contributed by atoms with Gasteiger partial charge in [0.15, 0.2) is 0 Å². The van der Waals surface area contributed by atoms with Gasteiger partial charge in [0.1, 0.15) is 0 Å². The summed E-state index contributed by atoms with van der Waals surface area (Å²) in [5.41, 5.74) is 1.00. The summed E-state index contributed by atoms with van der Waals surface area (Å²) in [6, 6.07) is 5.99. The highest BCUT2D eigenvalue weighted by atomic mass is 16.6. The molecule has 0 aliphatic heterocycles. The first-order valence-corrected chi connectivity index (χ1v) is 4.36. The lowest BCUT2D eigenvalue weighted by Gasteiger charge is -1.98. The third-order valence-electron chi connectivity index (χ3n) is 2.22. The average Bonchev–Trinajstić information content (AvgIpc) is 2.19. The van der Waals surface area contributed by atoms with Crippen LogP contribution in [0.2, 0.25) is 0 Å². The second-order valence-corrected chi connectivity index (χ2v) is 3.31. The molecule has 0 saturated heterocycles. The van der Waals surface area contributed by atoms with Gasteiger partial charge in [-0.05, 0) is 19.1 Å². The van der Waals surface area contributed by atoms with E-state index in [2.05, 4.69) is 4.98 Å². The summed E-state index contributed by atoms with van der Waals surface area (Å²) >= 11 is 0. The summed E-state index contributed by atoms with van der Waals surface area (Å²) in [4.78, 5) is 24.0. The number of fused-ring (bicyclic) bond motifs is 1. The number of pyridine rings is 1. The molecule has 0 amide bonds. The van der Waals surface area contributed by atoms with E-state index in [0.717, 1.165) is 0 Å². The minimum Gasteiger partial charge on any atom is -0.322 e. The van der Waals surface area contributed by atoms with Crippen LogP contribution in [0.25, 0.3) is 10.9 Å². The van der Waals surface area contributed by atoms with Crippen molar-refractivity contribution in [3.63, 3.8) is 0 Å². The van der Waals surface area contributed by atoms with Crippen molar-refractivity contribution in [2.45, 2.75) is 6.92 Å². The fourth-order valence-electron chi connectivity index (χ4n) is 1.42. The summed E-state index contributed by atoms with van der Waals surface area (Å²) in [6.07, 6.45) is 0. The van der Waals surface area contributed by atoms with E-state index in [1.165, 1.54) is 18.2 Å². The second-order valence-electron chi connectivity index (χ2n) is 3.31. The van der Waals surface area contributed by atoms with Crippen molar-refractivity contribution < 1.29 is 4.92 Å². The largest absolute Gasteiger partial charge is 0.322 e. The van der Waals surface area contributed by atoms with Gasteiger partial charge in [-0.1, -0.05) is 0 Å². The number of nitrogens with zero attached hydrogens (tertiary/aromatic N) is 1. The number of aryl methyl sites for hydroxylation is 1. The number of hydrogen-bond acceptors (Lipinski definition) is 3. The van der Waals surface area contributed by atoms with Gasteiger partial charge in [-0.15, -0.1) is 0 Å². The van der Waals surface area contributed by atoms with Crippen molar-refractivity contribution in [2.75, 3.05) is 0 Å². The van der Waals surface area contributed by atoms with Crippen LogP contribution in [0.3, 0.4) is 0 Å². The van der Waals surface area contributed by atoms with Crippen molar-refractivity contribution in [3.05, 3.63) is 50.3 Å². The molecule has 0 aliphatic rings. The molecule has 0 radical (unpaired) electrons. The normalized spacial score (nSPS) is 10.5. The van der Waals surface area contributed by atoms with Crippen LogP contribution in [0.15, 0.2) is 29.1 Å². The molecule has 15 heavy (non-hydrogen) atoms. The van der Waals surface area contributed by atoms with Crippen LogP contribution in [0, 0.1) is 17.0 Å². The second kappa shape index (κ2) is 3.20. The van der Waals surface area contributed by atoms with Crippen molar-refractivity contribution in [3.8, 4) is 0 Å². The summed E-state index contributed by atoms with van der Waals surface area (Å²) in [5.74, 6) is 0. The third-order valence-corrected chi connectivity index (χ3v) is 2.22. The van der Waals surface area contributed by atoms with Crippen LogP contribution in [-0.4, -0.2) is 9.91 Å². The fraction of sp³-hybridized carbons (Fsp3) is 0.100. The van der Waals surface area contributed by atoms with Crippen LogP contribution in [0.5, 0.6) is 0 Å². The quantitative estimate of drug-likeness (QED) is 0.567. The molecule has 1 N–H and O–H groups in total. The van der Waals surface area contributed by atoms with Crippen LogP contribution in [0.1, 0.15) is 5.56 Å². The molecule has 1 heterocycles. The highest BCUT2D eigenvalue weighted by Gasteiger charge is 2.06. The molecule has 1 aromatic heterocycles. The van der Waals surface area contributed by atoms with Crippen molar-refractivity contribution in [1.29, 1.82) is 0 Å². The number of hydrogen-bond donors (Lipinski definition) is 1. The van der Waals surface area contributed by atoms with E-state index in [0.29, 0.717) is 16.5 Å². The maximum Gasteiger partial charge on any atom is 0.270 e. The van der Waals surface area contributed by atoms with Crippen LogP contribution in [-0.2, 0) is 0 Å². The molecule has 2 rings (SSSR count). The lowest BCUT2D eigenvalue weighted by molar-refractivity contribution is -0.384. The predicted octanol–water partition coefficient (Wildman–Crippen LogP) is 1.74. The number of aromatic nitrogens is 1. The van der Waals surface area contributed by atoms with Gasteiger partial charge in [-0.25, -0.2) is 0 Å². The smallest absolute Gasteiger partial charge is 0.270 e. The number of benzene rings is 1. The minimum absolute atomic E-state index is 0.0222. The number of nitro groups is 1. The Morgan fingerprint density at radius 2 is 2.07 bits per heavy atom. The van der Waals surface area contributed by atoms with E-state index in [9.17, 15) is 14.9 Å². The SMILES string of the molecule is Cc1cc2cc([N+](=O)[O-])ccc2[nH]c1=O. The molecule has 2 aromatic rings. The Labute approximate surface area is 84.5 Å². The van der Waals surface area contributed by atoms with E-state index >= 15 is 0 Å². The first kappa shape index (κ1) is 9.39. The van der Waals surface area contributed by atoms with E-state index < -0.39 is 4.92 Å². The Morgan fingerprint density at radius 3 is 2.73 bits per heavy atom. The first-order chi connectivity index (χ1) is 7.08. The fourth-order valence-corrected chi connectivity index (χ4v) is 1.42. The Hall–Kier alpha value is -2.17. The van der Waals surface area contributed by atoms with Crippen LogP contribution < -0.4 is 5.56 Å². The number of rotatable bonds is 1. The Morgan fingerprint density at radius 1 is 1.33 bits per heavy atom. The van der Waals surface area contributed by atoms with Gasteiger partial charge in [-0.3, -0.25) is 14.9 Å². The molecule has 0 bridgehead atoms. The molecule has 5 nitrogen and oxygen atoms in total. The highest BCUT2D eigenvalue weighted by molar-refractivity contribution is 5.81. The molecular weight excluding hydrogens is 196 g/mol. The molecule has 76 valence electrons. The number of non-ortho nitro benzene ring substituents is 1. The first-order valence-electron chi connectivity index (χ1n) is 4.36. The molecule has 0 unspecified atom stereocenters. The summed E-state index contributed by atoms with van der Waals surface area (Å²) in [7, 11) is 0. The van der Waals surface area contributed by atoms with E-state index in [-0.39, 0.29) is 11.2 Å². The van der Waals surface area contributed by atoms with E-state index in [1.807, 2.05) is 0 Å². The molecule has 5 heteroatoms. The maximum absolute atomic E-state index is 11.3. The number of nitrogens with one attached hydrogen (secondary N) is 1. The lowest BCUT2D eigenvalue weighted by Crippen LogP contribution is -2.08. The summed E-state index contributed by atoms with van der Waals surface area (Å²) in [5, 5.41) is 11.2. The Kier molecular flexibility index (Phi) is 2.00. The molecule has 1 aromatic carbocycles. The average molecular weight is 204 g/mol. The zero-order valence-electron chi connectivity index (χ0n) is 7.98.